The van der Waals surface area contributed by atoms with Crippen molar-refractivity contribution in [2.75, 3.05) is 14.2 Å². The smallest absolute Gasteiger partial charge is 0.274 e. The molecule has 1 amide bonds. The number of ether oxygens (including phenoxy) is 2. The molecule has 0 unspecified atom stereocenters. The van der Waals surface area contributed by atoms with E-state index in [0.29, 0.717) is 21.5 Å². The highest BCUT2D eigenvalue weighted by Gasteiger charge is 2.12. The van der Waals surface area contributed by atoms with Crippen LogP contribution in [0.25, 0.3) is 0 Å². The molecule has 0 bridgehead atoms. The van der Waals surface area contributed by atoms with Crippen molar-refractivity contribution in [1.82, 2.24) is 5.43 Å². The Morgan fingerprint density at radius 1 is 1.28 bits per heavy atom. The number of hydrogen-bond acceptors (Lipinski definition) is 5. The molecule has 0 aromatic heterocycles. The van der Waals surface area contributed by atoms with Gasteiger partial charge < -0.3 is 9.47 Å². The van der Waals surface area contributed by atoms with Crippen LogP contribution in [0.2, 0.25) is 0 Å². The highest BCUT2D eigenvalue weighted by molar-refractivity contribution is 9.10. The molecule has 0 fully saturated rings. The van der Waals surface area contributed by atoms with Gasteiger partial charge in [0.25, 0.3) is 5.91 Å². The van der Waals surface area contributed by atoms with E-state index in [-0.39, 0.29) is 11.1 Å². The zero-order valence-corrected chi connectivity index (χ0v) is 14.9. The summed E-state index contributed by atoms with van der Waals surface area (Å²) in [5.41, 5.74) is 2.73. The van der Waals surface area contributed by atoms with Gasteiger partial charge in [-0.2, -0.15) is 10.4 Å². The van der Waals surface area contributed by atoms with Gasteiger partial charge in [-0.15, -0.1) is 0 Å². The van der Waals surface area contributed by atoms with Crippen molar-refractivity contribution >= 4 is 28.1 Å². The van der Waals surface area contributed by atoms with Crippen molar-refractivity contribution in [3.63, 3.8) is 0 Å². The molecule has 0 saturated heterocycles. The lowest BCUT2D eigenvalue weighted by atomic mass is 10.1. The van der Waals surface area contributed by atoms with Crippen LogP contribution in [0.1, 0.15) is 21.5 Å². The van der Waals surface area contributed by atoms with Crippen molar-refractivity contribution in [1.29, 1.82) is 5.26 Å². The van der Waals surface area contributed by atoms with E-state index in [4.69, 9.17) is 14.7 Å². The zero-order chi connectivity index (χ0) is 18.4. The summed E-state index contributed by atoms with van der Waals surface area (Å²) in [5.74, 6) is -0.457. The van der Waals surface area contributed by atoms with E-state index in [2.05, 4.69) is 26.5 Å². The normalized spacial score (nSPS) is 10.4. The maximum Gasteiger partial charge on any atom is 0.274 e. The van der Waals surface area contributed by atoms with Crippen LogP contribution in [0, 0.1) is 17.1 Å². The number of methoxy groups -OCH3 is 2. The molecular weight excluding hydrogens is 393 g/mol. The van der Waals surface area contributed by atoms with E-state index in [1.807, 2.05) is 0 Å². The second-order valence-corrected chi connectivity index (χ2v) is 5.59. The van der Waals surface area contributed by atoms with Gasteiger partial charge in [-0.05, 0) is 40.2 Å². The molecule has 0 aliphatic heterocycles. The second-order valence-electron chi connectivity index (χ2n) is 4.73. The number of benzene rings is 2. The third kappa shape index (κ3) is 4.33. The lowest BCUT2D eigenvalue weighted by Crippen LogP contribution is -2.19. The number of hydrazone groups is 1. The molecule has 2 rings (SSSR count). The number of nitrogens with one attached hydrogen (secondary N) is 1. The van der Waals surface area contributed by atoms with Gasteiger partial charge in [0.1, 0.15) is 17.3 Å². The zero-order valence-electron chi connectivity index (χ0n) is 13.3. The third-order valence-electron chi connectivity index (χ3n) is 3.22. The van der Waals surface area contributed by atoms with Crippen LogP contribution in [0.15, 0.2) is 39.9 Å². The largest absolute Gasteiger partial charge is 0.496 e. The van der Waals surface area contributed by atoms with Gasteiger partial charge in [0, 0.05) is 11.6 Å². The predicted molar refractivity (Wildman–Crippen MR) is 93.4 cm³/mol. The minimum Gasteiger partial charge on any atom is -0.496 e. The van der Waals surface area contributed by atoms with E-state index < -0.39 is 11.7 Å². The summed E-state index contributed by atoms with van der Waals surface area (Å²) in [6.07, 6.45) is 1.36. The average Bonchev–Trinajstić information content (AvgIpc) is 2.61. The molecule has 2 aromatic carbocycles. The summed E-state index contributed by atoms with van der Waals surface area (Å²) in [4.78, 5) is 12.0. The molecule has 0 atom stereocenters. The maximum absolute atomic E-state index is 13.8. The molecule has 0 spiro atoms. The van der Waals surface area contributed by atoms with Gasteiger partial charge in [0.2, 0.25) is 0 Å². The second kappa shape index (κ2) is 8.26. The van der Waals surface area contributed by atoms with Gasteiger partial charge in [-0.3, -0.25) is 4.79 Å². The minimum absolute atomic E-state index is 0.130. The Morgan fingerprint density at radius 2 is 2.00 bits per heavy atom. The number of nitriles is 1. The number of nitrogens with zero attached hydrogens (tertiary/aromatic N) is 2. The Balaban J connectivity index is 2.17. The molecule has 2 aromatic rings. The first-order valence-corrected chi connectivity index (χ1v) is 7.74. The fourth-order valence-corrected chi connectivity index (χ4v) is 2.50. The lowest BCUT2D eigenvalue weighted by Gasteiger charge is -2.09. The Labute approximate surface area is 152 Å². The quantitative estimate of drug-likeness (QED) is 0.611. The Hall–Kier alpha value is -2.92. The summed E-state index contributed by atoms with van der Waals surface area (Å²) in [7, 11) is 3.02. The van der Waals surface area contributed by atoms with E-state index >= 15 is 0 Å². The fraction of sp³-hybridized carbons (Fsp3) is 0.118. The van der Waals surface area contributed by atoms with Crippen molar-refractivity contribution in [2.24, 2.45) is 5.10 Å². The molecule has 25 heavy (non-hydrogen) atoms. The molecule has 128 valence electrons. The highest BCUT2D eigenvalue weighted by Crippen LogP contribution is 2.31. The molecule has 1 N–H and O–H groups in total. The van der Waals surface area contributed by atoms with E-state index in [0.717, 1.165) is 6.07 Å². The number of rotatable bonds is 5. The monoisotopic (exact) mass is 405 g/mol. The number of carbonyl (C=O) groups excluding carboxylic acids is 1. The van der Waals surface area contributed by atoms with Crippen molar-refractivity contribution < 1.29 is 18.7 Å². The van der Waals surface area contributed by atoms with Crippen molar-refractivity contribution in [2.45, 2.75) is 0 Å². The molecule has 0 saturated carbocycles. The van der Waals surface area contributed by atoms with Crippen LogP contribution >= 0.6 is 15.9 Å². The molecule has 0 heterocycles. The fourth-order valence-electron chi connectivity index (χ4n) is 1.97. The lowest BCUT2D eigenvalue weighted by molar-refractivity contribution is 0.0951. The first-order chi connectivity index (χ1) is 12.0. The molecule has 0 aliphatic rings. The predicted octanol–water partition coefficient (Wildman–Crippen LogP) is 3.24. The molecule has 0 aliphatic carbocycles. The van der Waals surface area contributed by atoms with Crippen LogP contribution in [-0.4, -0.2) is 26.3 Å². The standard InChI is InChI=1S/C17H13BrFN3O3/c1-24-15-7-16(25-2)13(18)6-11(15)9-21-22-17(23)12-4-3-10(8-20)5-14(12)19/h3-7,9H,1-2H3,(H,22,23)/b21-9-. The van der Waals surface area contributed by atoms with E-state index in [1.54, 1.807) is 18.2 Å². The third-order valence-corrected chi connectivity index (χ3v) is 3.84. The SMILES string of the molecule is COc1cc(OC)c(/C=N\NC(=O)c2ccc(C#N)cc2F)cc1Br. The number of hydrogen-bond donors (Lipinski definition) is 1. The van der Waals surface area contributed by atoms with Crippen LogP contribution in [0.4, 0.5) is 4.39 Å². The summed E-state index contributed by atoms with van der Waals surface area (Å²) in [6, 6.07) is 8.73. The van der Waals surface area contributed by atoms with Crippen LogP contribution < -0.4 is 14.9 Å². The van der Waals surface area contributed by atoms with Crippen molar-refractivity contribution in [3.8, 4) is 17.6 Å². The van der Waals surface area contributed by atoms with E-state index in [1.165, 1.54) is 32.6 Å². The average molecular weight is 406 g/mol. The molecule has 0 radical (unpaired) electrons. The summed E-state index contributed by atoms with van der Waals surface area (Å²) in [6.45, 7) is 0. The van der Waals surface area contributed by atoms with Gasteiger partial charge in [0.05, 0.1) is 42.1 Å². The van der Waals surface area contributed by atoms with Crippen LogP contribution in [0.3, 0.4) is 0 Å². The van der Waals surface area contributed by atoms with Crippen molar-refractivity contribution in [3.05, 3.63) is 57.3 Å². The first kappa shape index (κ1) is 18.4. The first-order valence-electron chi connectivity index (χ1n) is 6.94. The van der Waals surface area contributed by atoms with Crippen LogP contribution in [-0.2, 0) is 0 Å². The Bertz CT molecular complexity index is 878. The van der Waals surface area contributed by atoms with Gasteiger partial charge in [-0.25, -0.2) is 9.82 Å². The summed E-state index contributed by atoms with van der Waals surface area (Å²) < 4.78 is 24.9. The Kier molecular flexibility index (Phi) is 6.08. The number of halogens is 2. The number of carbonyl (C=O) groups is 1. The summed E-state index contributed by atoms with van der Waals surface area (Å²) >= 11 is 3.35. The molecule has 6 nitrogen and oxygen atoms in total. The summed E-state index contributed by atoms with van der Waals surface area (Å²) in [5, 5.41) is 12.5. The van der Waals surface area contributed by atoms with Gasteiger partial charge in [-0.1, -0.05) is 0 Å². The molecule has 8 heteroatoms. The van der Waals surface area contributed by atoms with E-state index in [9.17, 15) is 9.18 Å². The Morgan fingerprint density at radius 3 is 2.60 bits per heavy atom. The van der Waals surface area contributed by atoms with Gasteiger partial charge in [0.15, 0.2) is 0 Å². The topological polar surface area (TPSA) is 83.7 Å². The number of amides is 1. The minimum atomic E-state index is -0.795. The van der Waals surface area contributed by atoms with Gasteiger partial charge >= 0.3 is 0 Å². The van der Waals surface area contributed by atoms with Crippen LogP contribution in [0.5, 0.6) is 11.5 Å². The highest BCUT2D eigenvalue weighted by atomic mass is 79.9. The maximum atomic E-state index is 13.8. The molecular formula is C17H13BrFN3O3.